The number of alkyl halides is 3. The smallest absolute Gasteiger partial charge is 0.308 e. The largest absolute Gasteiger partial charge is 0.416 e. The van der Waals surface area contributed by atoms with Crippen LogP contribution in [0, 0.1) is 0 Å². The quantitative estimate of drug-likeness (QED) is 0.748. The van der Waals surface area contributed by atoms with Gasteiger partial charge in [-0.15, -0.1) is 0 Å². The topological polar surface area (TPSA) is 76.9 Å². The number of H-pyrrole nitrogens is 1. The molecule has 9 heteroatoms. The zero-order chi connectivity index (χ0) is 19.2. The third-order valence-corrected chi connectivity index (χ3v) is 4.24. The summed E-state index contributed by atoms with van der Waals surface area (Å²) in [5.74, 6) is 0. The number of hydrogen-bond donors (Lipinski definition) is 1. The van der Waals surface area contributed by atoms with Crippen LogP contribution < -0.4 is 16.8 Å². The Morgan fingerprint density at radius 3 is 2.31 bits per heavy atom. The van der Waals surface area contributed by atoms with E-state index in [2.05, 4.69) is 4.98 Å². The van der Waals surface area contributed by atoms with Gasteiger partial charge in [0.2, 0.25) is 5.56 Å². The monoisotopic (exact) mass is 365 g/mol. The van der Waals surface area contributed by atoms with Gasteiger partial charge in [-0.05, 0) is 23.6 Å². The molecule has 6 nitrogen and oxygen atoms in total. The summed E-state index contributed by atoms with van der Waals surface area (Å²) in [4.78, 5) is 38.9. The normalized spacial score (nSPS) is 11.9. The van der Waals surface area contributed by atoms with E-state index >= 15 is 0 Å². The standard InChI is InChI=1S/C17H14F3N3O3/c1-22-14-13(15(25)23(2)16(22)26)10(8-12(24)21-14)7-9-5-3-4-6-11(9)17(18,19)20/h3-6,8H,7H2,1-2H3,(H,21,24). The summed E-state index contributed by atoms with van der Waals surface area (Å²) in [6.45, 7) is 0. The second-order valence-corrected chi connectivity index (χ2v) is 5.92. The van der Waals surface area contributed by atoms with Crippen molar-refractivity contribution >= 4 is 11.0 Å². The number of aromatic amines is 1. The van der Waals surface area contributed by atoms with Crippen LogP contribution >= 0.6 is 0 Å². The lowest BCUT2D eigenvalue weighted by Gasteiger charge is -2.14. The first-order valence-electron chi connectivity index (χ1n) is 7.58. The summed E-state index contributed by atoms with van der Waals surface area (Å²) >= 11 is 0. The minimum atomic E-state index is -4.56. The fourth-order valence-corrected chi connectivity index (χ4v) is 2.96. The Kier molecular flexibility index (Phi) is 4.09. The van der Waals surface area contributed by atoms with Gasteiger partial charge in [-0.3, -0.25) is 18.7 Å². The molecule has 0 aliphatic carbocycles. The average Bonchev–Trinajstić information content (AvgIpc) is 2.57. The molecule has 3 rings (SSSR count). The molecule has 0 radical (unpaired) electrons. The lowest BCUT2D eigenvalue weighted by Crippen LogP contribution is -2.38. The molecule has 0 saturated carbocycles. The molecule has 136 valence electrons. The van der Waals surface area contributed by atoms with Gasteiger partial charge in [0.25, 0.3) is 5.56 Å². The number of nitrogens with zero attached hydrogens (tertiary/aromatic N) is 2. The molecule has 26 heavy (non-hydrogen) atoms. The number of fused-ring (bicyclic) bond motifs is 1. The molecule has 1 aromatic carbocycles. The number of halogens is 3. The number of benzene rings is 1. The van der Waals surface area contributed by atoms with Crippen LogP contribution in [0.25, 0.3) is 11.0 Å². The maximum absolute atomic E-state index is 13.2. The fourth-order valence-electron chi connectivity index (χ4n) is 2.96. The summed E-state index contributed by atoms with van der Waals surface area (Å²) < 4.78 is 41.6. The Balaban J connectivity index is 2.34. The van der Waals surface area contributed by atoms with Crippen molar-refractivity contribution in [2.75, 3.05) is 0 Å². The zero-order valence-electron chi connectivity index (χ0n) is 13.8. The number of aryl methyl sites for hydroxylation is 1. The highest BCUT2D eigenvalue weighted by Gasteiger charge is 2.33. The van der Waals surface area contributed by atoms with Crippen molar-refractivity contribution in [1.29, 1.82) is 0 Å². The molecule has 2 aromatic heterocycles. The number of hydrogen-bond acceptors (Lipinski definition) is 3. The minimum absolute atomic E-state index is 0.00572. The fraction of sp³-hybridized carbons (Fsp3) is 0.235. The Hall–Kier alpha value is -3.10. The molecule has 0 spiro atoms. The van der Waals surface area contributed by atoms with E-state index < -0.39 is 28.5 Å². The Bertz CT molecular complexity index is 1190. The van der Waals surface area contributed by atoms with Crippen LogP contribution in [0.5, 0.6) is 0 Å². The summed E-state index contributed by atoms with van der Waals surface area (Å²) in [7, 11) is 2.64. The minimum Gasteiger partial charge on any atom is -0.308 e. The molecule has 0 saturated heterocycles. The van der Waals surface area contributed by atoms with Crippen molar-refractivity contribution in [3.05, 3.63) is 78.2 Å². The highest BCUT2D eigenvalue weighted by Crippen LogP contribution is 2.33. The first-order valence-corrected chi connectivity index (χ1v) is 7.58. The second-order valence-electron chi connectivity index (χ2n) is 5.92. The third-order valence-electron chi connectivity index (χ3n) is 4.24. The van der Waals surface area contributed by atoms with Gasteiger partial charge >= 0.3 is 11.9 Å². The van der Waals surface area contributed by atoms with Crippen molar-refractivity contribution in [2.45, 2.75) is 12.6 Å². The number of aromatic nitrogens is 3. The Labute approximate surface area is 144 Å². The highest BCUT2D eigenvalue weighted by atomic mass is 19.4. The molecule has 0 amide bonds. The maximum Gasteiger partial charge on any atom is 0.416 e. The van der Waals surface area contributed by atoms with Crippen LogP contribution in [0.15, 0.2) is 44.7 Å². The van der Waals surface area contributed by atoms with Gasteiger partial charge in [0.1, 0.15) is 5.65 Å². The van der Waals surface area contributed by atoms with Crippen molar-refractivity contribution in [1.82, 2.24) is 14.1 Å². The maximum atomic E-state index is 13.2. The van der Waals surface area contributed by atoms with E-state index in [4.69, 9.17) is 0 Å². The van der Waals surface area contributed by atoms with E-state index in [1.54, 1.807) is 0 Å². The SMILES string of the molecule is Cn1c(=O)c2c(Cc3ccccc3C(F)(F)F)cc(=O)[nH]c2n(C)c1=O. The second kappa shape index (κ2) is 6.01. The van der Waals surface area contributed by atoms with Gasteiger partial charge < -0.3 is 4.98 Å². The van der Waals surface area contributed by atoms with Gasteiger partial charge in [-0.25, -0.2) is 4.79 Å². The molecule has 0 bridgehead atoms. The first-order chi connectivity index (χ1) is 12.1. The van der Waals surface area contributed by atoms with Crippen LogP contribution in [-0.4, -0.2) is 14.1 Å². The number of pyridine rings is 1. The Morgan fingerprint density at radius 2 is 1.65 bits per heavy atom. The lowest BCUT2D eigenvalue weighted by atomic mass is 9.98. The number of nitrogens with one attached hydrogen (secondary N) is 1. The van der Waals surface area contributed by atoms with Crippen molar-refractivity contribution in [3.8, 4) is 0 Å². The van der Waals surface area contributed by atoms with E-state index in [9.17, 15) is 27.6 Å². The molecular weight excluding hydrogens is 351 g/mol. The van der Waals surface area contributed by atoms with Gasteiger partial charge in [0.15, 0.2) is 0 Å². The summed E-state index contributed by atoms with van der Waals surface area (Å²) in [6.07, 6.45) is -4.84. The summed E-state index contributed by atoms with van der Waals surface area (Å²) in [5.41, 5.74) is -2.75. The van der Waals surface area contributed by atoms with Crippen LogP contribution in [0.4, 0.5) is 13.2 Å². The van der Waals surface area contributed by atoms with E-state index in [0.717, 1.165) is 21.3 Å². The average molecular weight is 365 g/mol. The molecule has 1 N–H and O–H groups in total. The number of rotatable bonds is 2. The molecule has 0 unspecified atom stereocenters. The van der Waals surface area contributed by atoms with E-state index in [1.165, 1.54) is 32.3 Å². The van der Waals surface area contributed by atoms with Crippen molar-refractivity contribution in [2.24, 2.45) is 14.1 Å². The third kappa shape index (κ3) is 2.85. The summed E-state index contributed by atoms with van der Waals surface area (Å²) in [5, 5.41) is 0.00572. The van der Waals surface area contributed by atoms with Gasteiger partial charge in [-0.1, -0.05) is 18.2 Å². The predicted octanol–water partition coefficient (Wildman–Crippen LogP) is 1.54. The highest BCUT2D eigenvalue weighted by molar-refractivity contribution is 5.78. The Morgan fingerprint density at radius 1 is 1.00 bits per heavy atom. The van der Waals surface area contributed by atoms with Gasteiger partial charge in [-0.2, -0.15) is 13.2 Å². The molecule has 2 heterocycles. The van der Waals surface area contributed by atoms with E-state index in [1.807, 2.05) is 0 Å². The molecule has 0 atom stereocenters. The predicted molar refractivity (Wildman–Crippen MR) is 89.3 cm³/mol. The van der Waals surface area contributed by atoms with Crippen LogP contribution in [-0.2, 0) is 26.7 Å². The first kappa shape index (κ1) is 17.7. The molecule has 0 fully saturated rings. The zero-order valence-corrected chi connectivity index (χ0v) is 13.8. The van der Waals surface area contributed by atoms with Crippen molar-refractivity contribution in [3.63, 3.8) is 0 Å². The molecule has 0 aliphatic heterocycles. The van der Waals surface area contributed by atoms with Crippen LogP contribution in [0.3, 0.4) is 0 Å². The van der Waals surface area contributed by atoms with E-state index in [0.29, 0.717) is 0 Å². The summed E-state index contributed by atoms with van der Waals surface area (Å²) in [6, 6.07) is 6.04. The van der Waals surface area contributed by atoms with E-state index in [-0.39, 0.29) is 28.6 Å². The van der Waals surface area contributed by atoms with Gasteiger partial charge in [0, 0.05) is 20.2 Å². The molecule has 3 aromatic rings. The van der Waals surface area contributed by atoms with Crippen molar-refractivity contribution < 1.29 is 13.2 Å². The molecule has 0 aliphatic rings. The van der Waals surface area contributed by atoms with Crippen LogP contribution in [0.1, 0.15) is 16.7 Å². The van der Waals surface area contributed by atoms with Gasteiger partial charge in [0.05, 0.1) is 10.9 Å². The molecular formula is C17H14F3N3O3. The lowest BCUT2D eigenvalue weighted by molar-refractivity contribution is -0.138. The van der Waals surface area contributed by atoms with Crippen LogP contribution in [0.2, 0.25) is 0 Å².